The van der Waals surface area contributed by atoms with Crippen molar-refractivity contribution < 1.29 is 25.2 Å². The number of ether oxygens (including phenoxy) is 1. The van der Waals surface area contributed by atoms with Crippen LogP contribution in [-0.4, -0.2) is 69.6 Å². The maximum Gasteiger partial charge on any atom is 0.207 e. The Morgan fingerprint density at radius 3 is 2.55 bits per heavy atom. The Labute approximate surface area is 117 Å². The number of aliphatic hydroxyl groups is 4. The Hall–Kier alpha value is -1.02. The summed E-state index contributed by atoms with van der Waals surface area (Å²) >= 11 is 0. The number of hydrogen-bond acceptors (Lipinski definition) is 6. The lowest BCUT2D eigenvalue weighted by Crippen LogP contribution is -2.64. The van der Waals surface area contributed by atoms with Crippen molar-refractivity contribution in [2.75, 3.05) is 20.2 Å². The standard InChI is InChI=1S/C14H21NO5/c1-15(7-10-5-3-2-4-6-10)9-14(19)13(18)12(17)11(16)8-20-14/h2-6,11-13,16-19H,7-9H2,1H3/t11-,12-,13+,14-/m1/s1. The molecule has 6 heteroatoms. The third kappa shape index (κ3) is 3.35. The first-order valence-electron chi connectivity index (χ1n) is 6.55. The van der Waals surface area contributed by atoms with Crippen LogP contribution in [0, 0.1) is 0 Å². The fraction of sp³-hybridized carbons (Fsp3) is 0.571. The summed E-state index contributed by atoms with van der Waals surface area (Å²) in [5.74, 6) is -1.89. The lowest BCUT2D eigenvalue weighted by atomic mass is 9.96. The molecular weight excluding hydrogens is 262 g/mol. The van der Waals surface area contributed by atoms with Gasteiger partial charge in [-0.25, -0.2) is 0 Å². The second-order valence-corrected chi connectivity index (χ2v) is 5.32. The first-order valence-corrected chi connectivity index (χ1v) is 6.55. The summed E-state index contributed by atoms with van der Waals surface area (Å²) in [6.45, 7) is 0.374. The number of nitrogens with zero attached hydrogens (tertiary/aromatic N) is 1. The fourth-order valence-corrected chi connectivity index (χ4v) is 2.37. The molecule has 0 saturated carbocycles. The average molecular weight is 283 g/mol. The number of likely N-dealkylation sites (N-methyl/N-ethyl adjacent to an activating group) is 1. The quantitative estimate of drug-likeness (QED) is 0.562. The molecule has 4 N–H and O–H groups in total. The first-order chi connectivity index (χ1) is 9.42. The van der Waals surface area contributed by atoms with E-state index in [0.717, 1.165) is 5.56 Å². The molecule has 1 aromatic rings. The van der Waals surface area contributed by atoms with E-state index in [0.29, 0.717) is 6.54 Å². The number of aliphatic hydroxyl groups excluding tert-OH is 3. The molecule has 112 valence electrons. The molecule has 1 heterocycles. The maximum atomic E-state index is 10.3. The van der Waals surface area contributed by atoms with Gasteiger partial charge in [0, 0.05) is 6.54 Å². The van der Waals surface area contributed by atoms with Gasteiger partial charge in [0.25, 0.3) is 0 Å². The van der Waals surface area contributed by atoms with Crippen molar-refractivity contribution in [1.29, 1.82) is 0 Å². The van der Waals surface area contributed by atoms with Crippen LogP contribution in [-0.2, 0) is 11.3 Å². The van der Waals surface area contributed by atoms with E-state index in [1.54, 1.807) is 11.9 Å². The van der Waals surface area contributed by atoms with Gasteiger partial charge in [-0.1, -0.05) is 30.3 Å². The van der Waals surface area contributed by atoms with Crippen LogP contribution in [0.5, 0.6) is 0 Å². The van der Waals surface area contributed by atoms with E-state index in [2.05, 4.69) is 0 Å². The third-order valence-electron chi connectivity index (χ3n) is 3.48. The summed E-state index contributed by atoms with van der Waals surface area (Å²) in [6.07, 6.45) is -4.16. The molecule has 1 fully saturated rings. The molecule has 4 atom stereocenters. The van der Waals surface area contributed by atoms with E-state index in [4.69, 9.17) is 4.74 Å². The number of rotatable bonds is 4. The number of hydrogen-bond donors (Lipinski definition) is 4. The van der Waals surface area contributed by atoms with Crippen LogP contribution in [0.1, 0.15) is 5.56 Å². The highest BCUT2D eigenvalue weighted by Crippen LogP contribution is 2.25. The van der Waals surface area contributed by atoms with Gasteiger partial charge in [0.1, 0.15) is 18.3 Å². The van der Waals surface area contributed by atoms with Gasteiger partial charge in [0.05, 0.1) is 13.2 Å². The van der Waals surface area contributed by atoms with Crippen LogP contribution in [0.15, 0.2) is 30.3 Å². The van der Waals surface area contributed by atoms with Crippen LogP contribution in [0.3, 0.4) is 0 Å². The SMILES string of the molecule is CN(Cc1ccccc1)C[C@@]1(O)OC[C@@H](O)[C@@H](O)[C@@H]1O. The van der Waals surface area contributed by atoms with Crippen molar-refractivity contribution in [1.82, 2.24) is 4.90 Å². The third-order valence-corrected chi connectivity index (χ3v) is 3.48. The molecule has 0 amide bonds. The van der Waals surface area contributed by atoms with Gasteiger partial charge in [0.15, 0.2) is 0 Å². The lowest BCUT2D eigenvalue weighted by molar-refractivity contribution is -0.324. The number of benzene rings is 1. The Bertz CT molecular complexity index is 429. The molecule has 1 aromatic carbocycles. The molecule has 0 aliphatic carbocycles. The summed E-state index contributed by atoms with van der Waals surface area (Å²) in [5.41, 5.74) is 1.06. The van der Waals surface area contributed by atoms with E-state index >= 15 is 0 Å². The molecule has 0 aromatic heterocycles. The van der Waals surface area contributed by atoms with Crippen LogP contribution in [0.4, 0.5) is 0 Å². The summed E-state index contributed by atoms with van der Waals surface area (Å²) < 4.78 is 5.12. The van der Waals surface area contributed by atoms with Gasteiger partial charge in [-0.3, -0.25) is 4.90 Å². The smallest absolute Gasteiger partial charge is 0.207 e. The molecule has 0 spiro atoms. The van der Waals surface area contributed by atoms with Gasteiger partial charge >= 0.3 is 0 Å². The minimum Gasteiger partial charge on any atom is -0.388 e. The second kappa shape index (κ2) is 6.17. The zero-order chi connectivity index (χ0) is 14.8. The highest BCUT2D eigenvalue weighted by molar-refractivity contribution is 5.14. The van der Waals surface area contributed by atoms with E-state index in [1.807, 2.05) is 30.3 Å². The van der Waals surface area contributed by atoms with Crippen molar-refractivity contribution in [3.63, 3.8) is 0 Å². The minimum atomic E-state index is -1.89. The highest BCUT2D eigenvalue weighted by atomic mass is 16.6. The van der Waals surface area contributed by atoms with Crippen molar-refractivity contribution in [2.45, 2.75) is 30.6 Å². The Kier molecular flexibility index (Phi) is 4.74. The zero-order valence-corrected chi connectivity index (χ0v) is 11.4. The van der Waals surface area contributed by atoms with Gasteiger partial charge in [-0.15, -0.1) is 0 Å². The summed E-state index contributed by atoms with van der Waals surface area (Å²) in [4.78, 5) is 1.78. The zero-order valence-electron chi connectivity index (χ0n) is 11.4. The molecular formula is C14H21NO5. The van der Waals surface area contributed by atoms with Gasteiger partial charge in [0.2, 0.25) is 5.79 Å². The van der Waals surface area contributed by atoms with E-state index in [-0.39, 0.29) is 13.2 Å². The van der Waals surface area contributed by atoms with E-state index in [9.17, 15) is 20.4 Å². The molecule has 2 rings (SSSR count). The Morgan fingerprint density at radius 2 is 1.90 bits per heavy atom. The molecule has 0 unspecified atom stereocenters. The van der Waals surface area contributed by atoms with Crippen LogP contribution in [0.2, 0.25) is 0 Å². The predicted molar refractivity (Wildman–Crippen MR) is 71.7 cm³/mol. The van der Waals surface area contributed by atoms with Gasteiger partial charge in [-0.05, 0) is 12.6 Å². The van der Waals surface area contributed by atoms with Gasteiger partial charge in [-0.2, -0.15) is 0 Å². The summed E-state index contributed by atoms with van der Waals surface area (Å²) in [6, 6.07) is 9.67. The largest absolute Gasteiger partial charge is 0.388 e. The van der Waals surface area contributed by atoms with Crippen LogP contribution in [0.25, 0.3) is 0 Å². The average Bonchev–Trinajstić information content (AvgIpc) is 2.42. The molecule has 1 aliphatic heterocycles. The lowest BCUT2D eigenvalue weighted by Gasteiger charge is -2.43. The molecule has 6 nitrogen and oxygen atoms in total. The molecule has 0 radical (unpaired) electrons. The van der Waals surface area contributed by atoms with E-state index < -0.39 is 24.1 Å². The Morgan fingerprint density at radius 1 is 1.25 bits per heavy atom. The second-order valence-electron chi connectivity index (χ2n) is 5.32. The van der Waals surface area contributed by atoms with E-state index in [1.165, 1.54) is 0 Å². The van der Waals surface area contributed by atoms with Gasteiger partial charge < -0.3 is 25.2 Å². The fourth-order valence-electron chi connectivity index (χ4n) is 2.37. The van der Waals surface area contributed by atoms with Crippen molar-refractivity contribution in [3.8, 4) is 0 Å². The monoisotopic (exact) mass is 283 g/mol. The molecule has 1 saturated heterocycles. The minimum absolute atomic E-state index is 0.0207. The summed E-state index contributed by atoms with van der Waals surface area (Å²) in [7, 11) is 1.78. The molecule has 20 heavy (non-hydrogen) atoms. The molecule has 0 bridgehead atoms. The van der Waals surface area contributed by atoms with Crippen molar-refractivity contribution in [2.24, 2.45) is 0 Å². The van der Waals surface area contributed by atoms with Crippen molar-refractivity contribution >= 4 is 0 Å². The normalized spacial score (nSPS) is 34.4. The highest BCUT2D eigenvalue weighted by Gasteiger charge is 2.48. The summed E-state index contributed by atoms with van der Waals surface area (Å²) in [5, 5.41) is 39.2. The first kappa shape index (κ1) is 15.4. The molecule has 1 aliphatic rings. The van der Waals surface area contributed by atoms with Crippen molar-refractivity contribution in [3.05, 3.63) is 35.9 Å². The predicted octanol–water partition coefficient (Wildman–Crippen LogP) is -1.08. The van der Waals surface area contributed by atoms with Crippen LogP contribution >= 0.6 is 0 Å². The topological polar surface area (TPSA) is 93.4 Å². The maximum absolute atomic E-state index is 10.3. The Balaban J connectivity index is 1.97. The van der Waals surface area contributed by atoms with Crippen LogP contribution < -0.4 is 0 Å².